The summed E-state index contributed by atoms with van der Waals surface area (Å²) >= 11 is 0. The third-order valence-electron chi connectivity index (χ3n) is 6.29. The quantitative estimate of drug-likeness (QED) is 0.0914. The highest BCUT2D eigenvalue weighted by atomic mass is 19.5. The number of aromatic nitrogens is 2. The molecule has 0 unspecified atom stereocenters. The van der Waals surface area contributed by atoms with Gasteiger partial charge in [-0.25, -0.2) is 9.15 Å². The molecule has 21 heteroatoms. The van der Waals surface area contributed by atoms with Crippen molar-refractivity contribution in [2.45, 2.75) is 12.4 Å². The maximum atomic E-state index is 13.0. The highest BCUT2D eigenvalue weighted by Crippen LogP contribution is 2.33. The lowest BCUT2D eigenvalue weighted by Gasteiger charge is -2.09. The predicted molar refractivity (Wildman–Crippen MR) is 149 cm³/mol. The molecule has 2 N–H and O–H groups in total. The maximum absolute atomic E-state index is 13.0. The predicted octanol–water partition coefficient (Wildman–Crippen LogP) is 7.35. The number of rotatable bonds is 2. The van der Waals surface area contributed by atoms with Crippen molar-refractivity contribution < 1.29 is 60.9 Å². The van der Waals surface area contributed by atoms with Crippen LogP contribution in [-0.4, -0.2) is 38.6 Å². The maximum Gasteiger partial charge on any atom is 0.673 e. The van der Waals surface area contributed by atoms with E-state index in [1.165, 1.54) is 18.2 Å². The Bertz CT molecular complexity index is 1960. The van der Waals surface area contributed by atoms with Gasteiger partial charge in [-0.1, -0.05) is 0 Å². The fourth-order valence-electron chi connectivity index (χ4n) is 4.32. The van der Waals surface area contributed by atoms with Crippen LogP contribution in [0.5, 0.6) is 0 Å². The largest absolute Gasteiger partial charge is 0.673 e. The van der Waals surface area contributed by atoms with Crippen molar-refractivity contribution in [3.63, 3.8) is 0 Å². The Morgan fingerprint density at radius 1 is 0.574 bits per heavy atom. The molecular weight excluding hydrogens is 670 g/mol. The molecule has 252 valence electrons. The van der Waals surface area contributed by atoms with E-state index in [9.17, 15) is 60.9 Å². The zero-order valence-electron chi connectivity index (χ0n) is 23.7. The minimum atomic E-state index is -6.00. The van der Waals surface area contributed by atoms with E-state index in [-0.39, 0.29) is 5.69 Å². The Morgan fingerprint density at radius 2 is 0.957 bits per heavy atom. The van der Waals surface area contributed by atoms with Crippen LogP contribution in [0.3, 0.4) is 0 Å². The molecule has 2 aromatic heterocycles. The fraction of sp³-hybridized carbons (Fsp3) is 0.154. The minimum Gasteiger partial charge on any atom is -0.418 e. The zero-order valence-corrected chi connectivity index (χ0v) is 23.7. The Hall–Kier alpha value is -4.71. The lowest BCUT2D eigenvalue weighted by molar-refractivity contribution is -0.138. The summed E-state index contributed by atoms with van der Waals surface area (Å²) in [4.78, 5) is 8.93. The number of nitrogens with two attached hydrogens (primary N) is 1. The van der Waals surface area contributed by atoms with Crippen LogP contribution in [0, 0.1) is 0 Å². The molecule has 0 fully saturated rings. The number of hydrogen-bond acceptors (Lipinski definition) is 3. The summed E-state index contributed by atoms with van der Waals surface area (Å²) in [5.74, 6) is 0. The molecule has 0 radical (unpaired) electrons. The first kappa shape index (κ1) is 36.8. The van der Waals surface area contributed by atoms with Crippen molar-refractivity contribution >= 4 is 53.1 Å². The third-order valence-corrected chi connectivity index (χ3v) is 6.29. The molecular formula is C26H19B2F14N5. The van der Waals surface area contributed by atoms with Gasteiger partial charge in [-0.2, -0.15) is 26.3 Å². The lowest BCUT2D eigenvalue weighted by atomic mass is 10.1. The summed E-state index contributed by atoms with van der Waals surface area (Å²) in [5, 5.41) is 3.04. The Balaban J connectivity index is 0.000000526. The van der Waals surface area contributed by atoms with Gasteiger partial charge >= 0.3 is 37.8 Å². The number of nitrogens with zero attached hydrogens (tertiary/aromatic N) is 4. The first-order chi connectivity index (χ1) is 21.3. The Kier molecular flexibility index (Phi) is 10.3. The molecule has 0 atom stereocenters. The van der Waals surface area contributed by atoms with Gasteiger partial charge in [0.25, 0.3) is 0 Å². The van der Waals surface area contributed by atoms with Crippen molar-refractivity contribution in [1.82, 2.24) is 19.1 Å². The van der Waals surface area contributed by atoms with Crippen LogP contribution >= 0.6 is 0 Å². The van der Waals surface area contributed by atoms with Gasteiger partial charge < -0.3 is 40.3 Å². The van der Waals surface area contributed by atoms with Crippen molar-refractivity contribution in [1.29, 1.82) is 0 Å². The summed E-state index contributed by atoms with van der Waals surface area (Å²) in [7, 11) is -8.62. The van der Waals surface area contributed by atoms with Crippen LogP contribution in [0.4, 0.5) is 77.9 Å². The van der Waals surface area contributed by atoms with E-state index in [2.05, 4.69) is 9.97 Å². The number of hydrogen-bond donors (Lipinski definition) is 1. The fourth-order valence-corrected chi connectivity index (χ4v) is 4.32. The molecule has 47 heavy (non-hydrogen) atoms. The Labute approximate surface area is 254 Å². The second kappa shape index (κ2) is 13.2. The van der Waals surface area contributed by atoms with Gasteiger partial charge in [-0.05, 0) is 64.6 Å². The second-order valence-corrected chi connectivity index (χ2v) is 9.61. The van der Waals surface area contributed by atoms with Gasteiger partial charge in [0.2, 0.25) is 0 Å². The molecule has 0 aliphatic heterocycles. The van der Waals surface area contributed by atoms with Gasteiger partial charge in [0.1, 0.15) is 23.8 Å². The number of anilines is 1. The van der Waals surface area contributed by atoms with Crippen molar-refractivity contribution in [3.05, 3.63) is 89.1 Å². The number of fused-ring (bicyclic) bond motifs is 2. The number of benzene rings is 3. The molecule has 0 amide bonds. The summed E-state index contributed by atoms with van der Waals surface area (Å²) in [6.45, 7) is 0. The molecule has 3 aromatic carbocycles. The molecule has 5 rings (SSSR count). The topological polar surface area (TPSA) is 57.8 Å². The molecule has 0 spiro atoms. The number of nitrogen functional groups attached to an aromatic ring is 1. The van der Waals surface area contributed by atoms with E-state index in [0.717, 1.165) is 45.8 Å². The van der Waals surface area contributed by atoms with Gasteiger partial charge in [-0.3, -0.25) is 0 Å². The molecule has 5 aromatic rings. The highest BCUT2D eigenvalue weighted by Gasteiger charge is 2.32. The average molecular weight is 689 g/mol. The van der Waals surface area contributed by atoms with Gasteiger partial charge in [0, 0.05) is 10.8 Å². The van der Waals surface area contributed by atoms with Crippen LogP contribution in [0.1, 0.15) is 11.1 Å². The van der Waals surface area contributed by atoms with Crippen molar-refractivity contribution in [2.24, 2.45) is 0 Å². The van der Waals surface area contributed by atoms with E-state index in [1.807, 2.05) is 12.1 Å². The summed E-state index contributed by atoms with van der Waals surface area (Å²) in [6, 6.07) is 11.7. The average Bonchev–Trinajstić information content (AvgIpc) is 3.52. The normalized spacial score (nSPS) is 13.9. The van der Waals surface area contributed by atoms with Crippen LogP contribution in [0.2, 0.25) is 0 Å². The van der Waals surface area contributed by atoms with Crippen LogP contribution in [0.25, 0.3) is 21.5 Å². The molecule has 0 saturated heterocycles. The van der Waals surface area contributed by atoms with Gasteiger partial charge in [-0.15, -0.1) is 0 Å². The van der Waals surface area contributed by atoms with E-state index in [1.54, 1.807) is 35.6 Å². The minimum absolute atomic E-state index is 0.0371. The van der Waals surface area contributed by atoms with Crippen LogP contribution in [-0.2, 0) is 12.4 Å². The summed E-state index contributed by atoms with van der Waals surface area (Å²) in [5.41, 5.74) is 6.29. The van der Waals surface area contributed by atoms with E-state index in [4.69, 9.17) is 5.73 Å². The first-order valence-corrected chi connectivity index (χ1v) is 12.7. The lowest BCUT2D eigenvalue weighted by Crippen LogP contribution is -2.24. The SMILES string of the molecule is C[N+](c1ccc(C(F)(F)F)cc1N)=c1ncc2cc3/c(=[N+](\C)c4ccc(C(F)(F)F)cc4)ncc3cc12.F[B-](F)(F)F.F[B-](F)(F)F. The van der Waals surface area contributed by atoms with Gasteiger partial charge in [0.05, 0.1) is 41.7 Å². The van der Waals surface area contributed by atoms with Gasteiger partial charge in [0.15, 0.2) is 0 Å². The molecule has 0 aliphatic rings. The van der Waals surface area contributed by atoms with Crippen molar-refractivity contribution in [2.75, 3.05) is 19.8 Å². The Morgan fingerprint density at radius 3 is 1.34 bits per heavy atom. The van der Waals surface area contributed by atoms with Crippen LogP contribution < -0.4 is 25.9 Å². The molecule has 5 nitrogen and oxygen atoms in total. The van der Waals surface area contributed by atoms with Crippen molar-refractivity contribution in [3.8, 4) is 0 Å². The third kappa shape index (κ3) is 9.89. The second-order valence-electron chi connectivity index (χ2n) is 9.61. The zero-order chi connectivity index (χ0) is 35.7. The summed E-state index contributed by atoms with van der Waals surface area (Å²) in [6.07, 6.45) is -5.64. The molecule has 2 heterocycles. The van der Waals surface area contributed by atoms with E-state index in [0.29, 0.717) is 22.4 Å². The molecule has 0 aliphatic carbocycles. The number of alkyl halides is 6. The highest BCUT2D eigenvalue weighted by molar-refractivity contribution is 6.50. The van der Waals surface area contributed by atoms with E-state index >= 15 is 0 Å². The monoisotopic (exact) mass is 689 g/mol. The number of halogens is 14. The smallest absolute Gasteiger partial charge is 0.418 e. The van der Waals surface area contributed by atoms with E-state index < -0.39 is 38.0 Å². The first-order valence-electron chi connectivity index (χ1n) is 12.7. The molecule has 0 bridgehead atoms. The standard InChI is InChI=1S/C26H18F6N5.2BF4/c1-36(18-6-3-16(4-7-18)25(27,28)29)23-19-9-15-13-35-24(20(15)10-14(19)12-34-23)37(2)22-8-5-17(11-21(22)33)26(30,31)32;2*2-1(3,4)5/h3-13,33H,1-2H3;;/q+1;2*-1/p+1. The molecule has 0 saturated carbocycles. The van der Waals surface area contributed by atoms with Crippen LogP contribution in [0.15, 0.2) is 67.0 Å². The summed E-state index contributed by atoms with van der Waals surface area (Å²) < 4.78 is 159.